The van der Waals surface area contributed by atoms with Crippen molar-refractivity contribution in [1.29, 1.82) is 0 Å². The molecule has 0 spiro atoms. The van der Waals surface area contributed by atoms with E-state index in [1.165, 1.54) is 12.1 Å². The van der Waals surface area contributed by atoms with Gasteiger partial charge in [-0.25, -0.2) is 16.8 Å². The SMILES string of the molecule is O=[N+]([O-])c1ccc(-[n+]2nc(-c3ccc(S(=O)(=O)[O-])cc3S(=O)(=O)[O-])nn2-c2ccc(I)cc2)c([N+](=O)[O-])c1.[Na+]. The number of hydrogen-bond acceptors (Lipinski definition) is 12. The molecule has 20 heteroatoms. The summed E-state index contributed by atoms with van der Waals surface area (Å²) in [5, 5.41) is 31.2. The van der Waals surface area contributed by atoms with E-state index in [1.54, 1.807) is 12.1 Å². The molecule has 0 aliphatic carbocycles. The van der Waals surface area contributed by atoms with Crippen molar-refractivity contribution in [2.24, 2.45) is 0 Å². The van der Waals surface area contributed by atoms with Gasteiger partial charge in [-0.05, 0) is 75.0 Å². The molecule has 0 saturated heterocycles. The third-order valence-corrected chi connectivity index (χ3v) is 7.38. The predicted octanol–water partition coefficient (Wildman–Crippen LogP) is -1.56. The first-order valence-electron chi connectivity index (χ1n) is 9.82. The first-order chi connectivity index (χ1) is 17.7. The van der Waals surface area contributed by atoms with Crippen molar-refractivity contribution >= 4 is 54.2 Å². The van der Waals surface area contributed by atoms with Gasteiger partial charge in [0.1, 0.15) is 25.9 Å². The van der Waals surface area contributed by atoms with Gasteiger partial charge in [0.25, 0.3) is 11.4 Å². The van der Waals surface area contributed by atoms with Crippen molar-refractivity contribution in [1.82, 2.24) is 15.0 Å². The summed E-state index contributed by atoms with van der Waals surface area (Å²) in [5.41, 5.74) is -1.91. The zero-order valence-electron chi connectivity index (χ0n) is 19.2. The Bertz CT molecular complexity index is 1850. The van der Waals surface area contributed by atoms with Gasteiger partial charge in [-0.15, -0.1) is 0 Å². The fraction of sp³-hybridized carbons (Fsp3) is 0. The quantitative estimate of drug-likeness (QED) is 0.0533. The molecule has 0 N–H and O–H groups in total. The molecule has 4 rings (SSSR count). The normalized spacial score (nSPS) is 11.6. The topological polar surface area (TPSA) is 235 Å². The largest absolute Gasteiger partial charge is 1.00 e. The van der Waals surface area contributed by atoms with E-state index in [0.717, 1.165) is 37.4 Å². The van der Waals surface area contributed by atoms with E-state index in [0.29, 0.717) is 12.1 Å². The number of aromatic nitrogens is 4. The van der Waals surface area contributed by atoms with E-state index >= 15 is 0 Å². The Morgan fingerprint density at radius 2 is 1.49 bits per heavy atom. The van der Waals surface area contributed by atoms with Crippen LogP contribution in [0.4, 0.5) is 11.4 Å². The number of hydrogen-bond donors (Lipinski definition) is 0. The maximum atomic E-state index is 11.9. The van der Waals surface area contributed by atoms with Crippen LogP contribution >= 0.6 is 22.6 Å². The summed E-state index contributed by atoms with van der Waals surface area (Å²) < 4.78 is 70.8. The molecule has 0 fully saturated rings. The summed E-state index contributed by atoms with van der Waals surface area (Å²) in [7, 11) is -10.5. The van der Waals surface area contributed by atoms with E-state index in [-0.39, 0.29) is 40.9 Å². The Hall–Kier alpha value is -2.92. The Kier molecular flexibility index (Phi) is 8.86. The smallest absolute Gasteiger partial charge is 0.744 e. The van der Waals surface area contributed by atoms with Crippen LogP contribution in [0.3, 0.4) is 0 Å². The van der Waals surface area contributed by atoms with Gasteiger partial charge in [-0.1, -0.05) is 0 Å². The Balaban J connectivity index is 0.00000420. The van der Waals surface area contributed by atoms with Crippen LogP contribution in [-0.2, 0) is 20.2 Å². The second kappa shape index (κ2) is 11.3. The molecular formula is C19H10IN6NaO10S2. The van der Waals surface area contributed by atoms with Gasteiger partial charge in [-0.2, -0.15) is 0 Å². The second-order valence-corrected chi connectivity index (χ2v) is 11.3. The summed E-state index contributed by atoms with van der Waals surface area (Å²) in [5.74, 6) is -0.500. The van der Waals surface area contributed by atoms with Crippen LogP contribution in [0.2, 0.25) is 0 Å². The number of nitro benzene ring substituents is 2. The molecule has 3 aromatic carbocycles. The van der Waals surface area contributed by atoms with E-state index < -0.39 is 62.6 Å². The number of non-ortho nitro benzene ring substituents is 1. The Morgan fingerprint density at radius 1 is 0.846 bits per heavy atom. The maximum absolute atomic E-state index is 11.9. The first kappa shape index (κ1) is 30.6. The summed E-state index contributed by atoms with van der Waals surface area (Å²) in [4.78, 5) is 20.9. The van der Waals surface area contributed by atoms with Crippen molar-refractivity contribution in [2.45, 2.75) is 9.79 Å². The summed E-state index contributed by atoms with van der Waals surface area (Å²) in [6, 6.07) is 11.0. The molecule has 0 radical (unpaired) electrons. The van der Waals surface area contributed by atoms with Gasteiger partial charge >= 0.3 is 41.1 Å². The molecule has 196 valence electrons. The van der Waals surface area contributed by atoms with E-state index in [9.17, 15) is 46.2 Å². The number of rotatable bonds is 7. The zero-order valence-corrected chi connectivity index (χ0v) is 25.0. The van der Waals surface area contributed by atoms with Gasteiger partial charge in [0.2, 0.25) is 0 Å². The first-order valence-corrected chi connectivity index (χ1v) is 13.7. The van der Waals surface area contributed by atoms with Gasteiger partial charge in [0, 0.05) is 20.5 Å². The minimum atomic E-state index is -5.38. The fourth-order valence-corrected chi connectivity index (χ4v) is 4.91. The van der Waals surface area contributed by atoms with Crippen molar-refractivity contribution in [3.05, 3.63) is 84.5 Å². The Labute approximate surface area is 254 Å². The van der Waals surface area contributed by atoms with Gasteiger partial charge < -0.3 is 9.11 Å². The van der Waals surface area contributed by atoms with Crippen molar-refractivity contribution in [3.8, 4) is 22.8 Å². The van der Waals surface area contributed by atoms with E-state index in [2.05, 4.69) is 10.2 Å². The zero-order chi connectivity index (χ0) is 28.0. The Morgan fingerprint density at radius 3 is 2.03 bits per heavy atom. The molecular weight excluding hydrogens is 686 g/mol. The average Bonchev–Trinajstić information content (AvgIpc) is 3.27. The standard InChI is InChI=1S/C19H11IN6O10S2.Na/c20-11-1-3-12(4-2-11)23-21-19(15-7-6-14(37(31,32)33)10-18(15)38(34,35)36)22-24(23)16-8-5-13(25(27)28)9-17(16)26(29)30;/h1-10H,(H-,31,32,33,34,35,36);/q;+1/p-1. The number of tetrazole rings is 1. The molecule has 0 bridgehead atoms. The monoisotopic (exact) mass is 696 g/mol. The number of benzene rings is 3. The second-order valence-electron chi connectivity index (χ2n) is 7.33. The minimum Gasteiger partial charge on any atom is -0.744 e. The van der Waals surface area contributed by atoms with Crippen LogP contribution in [0.15, 0.2) is 70.5 Å². The van der Waals surface area contributed by atoms with Crippen LogP contribution in [0.25, 0.3) is 22.8 Å². The summed E-state index contributed by atoms with van der Waals surface area (Å²) >= 11 is 2.02. The molecule has 1 aromatic heterocycles. The van der Waals surface area contributed by atoms with Crippen molar-refractivity contribution < 1.29 is 70.1 Å². The summed E-state index contributed by atoms with van der Waals surface area (Å²) in [6.07, 6.45) is 0. The fourth-order valence-electron chi connectivity index (χ4n) is 3.28. The molecule has 39 heavy (non-hydrogen) atoms. The van der Waals surface area contributed by atoms with Crippen LogP contribution in [0, 0.1) is 23.8 Å². The summed E-state index contributed by atoms with van der Waals surface area (Å²) in [6.45, 7) is 0. The number of nitro groups is 2. The minimum absolute atomic E-state index is 0. The van der Waals surface area contributed by atoms with Crippen molar-refractivity contribution in [3.63, 3.8) is 0 Å². The molecule has 1 heterocycles. The van der Waals surface area contributed by atoms with Crippen LogP contribution in [0.1, 0.15) is 0 Å². The molecule has 0 amide bonds. The molecule has 0 aliphatic heterocycles. The van der Waals surface area contributed by atoms with Crippen LogP contribution in [-0.4, -0.2) is 50.8 Å². The van der Waals surface area contributed by atoms with Crippen LogP contribution < -0.4 is 34.4 Å². The van der Waals surface area contributed by atoms with Gasteiger partial charge in [0.05, 0.1) is 36.4 Å². The van der Waals surface area contributed by atoms with Crippen LogP contribution in [0.5, 0.6) is 0 Å². The number of nitrogens with zero attached hydrogens (tertiary/aromatic N) is 6. The van der Waals surface area contributed by atoms with E-state index in [1.807, 2.05) is 22.6 Å². The molecule has 16 nitrogen and oxygen atoms in total. The third-order valence-electron chi connectivity index (χ3n) is 4.95. The molecule has 0 aliphatic rings. The average molecular weight is 696 g/mol. The maximum Gasteiger partial charge on any atom is 1.00 e. The third kappa shape index (κ3) is 6.46. The molecule has 4 aromatic rings. The predicted molar refractivity (Wildman–Crippen MR) is 130 cm³/mol. The molecule has 0 atom stereocenters. The molecule has 0 saturated carbocycles. The van der Waals surface area contributed by atoms with E-state index in [4.69, 9.17) is 0 Å². The number of halogens is 1. The van der Waals surface area contributed by atoms with Gasteiger partial charge in [0.15, 0.2) is 0 Å². The van der Waals surface area contributed by atoms with Gasteiger partial charge in [-0.3, -0.25) is 20.2 Å². The molecule has 0 unspecified atom stereocenters. The van der Waals surface area contributed by atoms with Crippen molar-refractivity contribution in [2.75, 3.05) is 0 Å².